The molecule has 0 aliphatic carbocycles. The lowest BCUT2D eigenvalue weighted by molar-refractivity contribution is -0.142. The monoisotopic (exact) mass is 559 g/mol. The summed E-state index contributed by atoms with van der Waals surface area (Å²) in [6, 6.07) is 14.4. The highest BCUT2D eigenvalue weighted by atomic mass is 16.6. The first-order chi connectivity index (χ1) is 19.7. The van der Waals surface area contributed by atoms with Crippen molar-refractivity contribution in [1.82, 2.24) is 9.66 Å². The molecule has 214 valence electrons. The van der Waals surface area contributed by atoms with Crippen molar-refractivity contribution >= 4 is 23.1 Å². The van der Waals surface area contributed by atoms with E-state index in [1.165, 1.54) is 32.2 Å². The molecule has 4 rings (SSSR count). The molecule has 0 aliphatic heterocycles. The maximum atomic E-state index is 13.7. The van der Waals surface area contributed by atoms with Crippen molar-refractivity contribution in [1.29, 1.82) is 0 Å². The first-order valence-electron chi connectivity index (χ1n) is 12.9. The fourth-order valence-corrected chi connectivity index (χ4v) is 4.40. The SMILES string of the molecule is COC(=O)COc1c(OC)cc(C=Nn2c(-c3cc(C(C)C)c(OC)cc3C)nc3ccccc3c2=O)cc1OC. The van der Waals surface area contributed by atoms with Gasteiger partial charge in [0, 0.05) is 11.1 Å². The van der Waals surface area contributed by atoms with Crippen LogP contribution in [0.3, 0.4) is 0 Å². The molecule has 3 aromatic carbocycles. The van der Waals surface area contributed by atoms with Crippen molar-refractivity contribution in [3.05, 3.63) is 75.6 Å². The molecule has 1 heterocycles. The van der Waals surface area contributed by atoms with Gasteiger partial charge >= 0.3 is 5.97 Å². The highest BCUT2D eigenvalue weighted by Crippen LogP contribution is 2.38. The lowest BCUT2D eigenvalue weighted by Gasteiger charge is -2.17. The molecular weight excluding hydrogens is 526 g/mol. The third-order valence-corrected chi connectivity index (χ3v) is 6.56. The summed E-state index contributed by atoms with van der Waals surface area (Å²) in [5.74, 6) is 1.64. The summed E-state index contributed by atoms with van der Waals surface area (Å²) in [7, 11) is 5.85. The zero-order valence-electron chi connectivity index (χ0n) is 24.2. The van der Waals surface area contributed by atoms with Gasteiger partial charge in [0.2, 0.25) is 5.75 Å². The van der Waals surface area contributed by atoms with E-state index in [0.29, 0.717) is 33.8 Å². The Balaban J connectivity index is 1.89. The molecule has 0 radical (unpaired) electrons. The number of carbonyl (C=O) groups is 1. The Bertz CT molecular complexity index is 1650. The van der Waals surface area contributed by atoms with Gasteiger partial charge in [0.1, 0.15) is 5.75 Å². The normalized spacial score (nSPS) is 11.2. The topological polar surface area (TPSA) is 110 Å². The van der Waals surface area contributed by atoms with Gasteiger partial charge in [-0.3, -0.25) is 4.79 Å². The molecule has 0 aliphatic rings. The van der Waals surface area contributed by atoms with Crippen LogP contribution in [0.1, 0.15) is 36.5 Å². The summed E-state index contributed by atoms with van der Waals surface area (Å²) in [4.78, 5) is 30.2. The number of nitrogens with zero attached hydrogens (tertiary/aromatic N) is 3. The number of para-hydroxylation sites is 1. The number of hydrogen-bond donors (Lipinski definition) is 0. The Morgan fingerprint density at radius 2 is 1.63 bits per heavy atom. The van der Waals surface area contributed by atoms with E-state index in [1.54, 1.807) is 37.4 Å². The van der Waals surface area contributed by atoms with Gasteiger partial charge in [0.05, 0.1) is 45.6 Å². The van der Waals surface area contributed by atoms with Gasteiger partial charge in [-0.05, 0) is 60.4 Å². The number of aromatic nitrogens is 2. The first kappa shape index (κ1) is 29.1. The highest BCUT2D eigenvalue weighted by molar-refractivity contribution is 5.84. The average Bonchev–Trinajstić information content (AvgIpc) is 2.98. The van der Waals surface area contributed by atoms with E-state index in [2.05, 4.69) is 23.7 Å². The number of methoxy groups -OCH3 is 4. The largest absolute Gasteiger partial charge is 0.496 e. The molecule has 10 heteroatoms. The van der Waals surface area contributed by atoms with Crippen molar-refractivity contribution in [3.63, 3.8) is 0 Å². The van der Waals surface area contributed by atoms with Crippen molar-refractivity contribution in [3.8, 4) is 34.4 Å². The maximum Gasteiger partial charge on any atom is 0.343 e. The van der Waals surface area contributed by atoms with Gasteiger partial charge in [0.15, 0.2) is 23.9 Å². The predicted molar refractivity (Wildman–Crippen MR) is 157 cm³/mol. The van der Waals surface area contributed by atoms with E-state index in [4.69, 9.17) is 23.9 Å². The number of fused-ring (bicyclic) bond motifs is 1. The van der Waals surface area contributed by atoms with E-state index in [1.807, 2.05) is 25.1 Å². The van der Waals surface area contributed by atoms with Gasteiger partial charge in [0.25, 0.3) is 5.56 Å². The molecular formula is C31H33N3O7. The van der Waals surface area contributed by atoms with Crippen LogP contribution in [0.2, 0.25) is 0 Å². The summed E-state index contributed by atoms with van der Waals surface area (Å²) in [6.07, 6.45) is 1.51. The van der Waals surface area contributed by atoms with Gasteiger partial charge < -0.3 is 23.7 Å². The molecule has 0 bridgehead atoms. The number of aryl methyl sites for hydroxylation is 1. The molecule has 0 atom stereocenters. The quantitative estimate of drug-likeness (QED) is 0.198. The zero-order chi connectivity index (χ0) is 29.7. The summed E-state index contributed by atoms with van der Waals surface area (Å²) < 4.78 is 28.1. The standard InChI is InChI=1S/C31H33N3O7/c1-18(2)22-15-23(19(3)12-25(22)37-4)30-33-24-11-9-8-10-21(24)31(36)34(30)32-16-20-13-26(38-5)29(27(14-20)39-6)41-17-28(35)40-7/h8-16,18H,17H2,1-7H3. The van der Waals surface area contributed by atoms with Crippen LogP contribution >= 0.6 is 0 Å². The number of rotatable bonds is 10. The highest BCUT2D eigenvalue weighted by Gasteiger charge is 2.19. The Morgan fingerprint density at radius 1 is 0.976 bits per heavy atom. The predicted octanol–water partition coefficient (Wildman–Crippen LogP) is 4.96. The van der Waals surface area contributed by atoms with E-state index in [-0.39, 0.29) is 23.8 Å². The van der Waals surface area contributed by atoms with Crippen LogP contribution < -0.4 is 24.5 Å². The van der Waals surface area contributed by atoms with Crippen LogP contribution in [-0.2, 0) is 9.53 Å². The molecule has 41 heavy (non-hydrogen) atoms. The molecule has 0 N–H and O–H groups in total. The van der Waals surface area contributed by atoms with E-state index in [0.717, 1.165) is 22.4 Å². The van der Waals surface area contributed by atoms with E-state index in [9.17, 15) is 9.59 Å². The number of hydrogen-bond acceptors (Lipinski definition) is 9. The summed E-state index contributed by atoms with van der Waals surface area (Å²) in [5.41, 5.74) is 3.44. The maximum absolute atomic E-state index is 13.7. The van der Waals surface area contributed by atoms with Crippen LogP contribution in [0.15, 0.2) is 58.4 Å². The van der Waals surface area contributed by atoms with Gasteiger partial charge in [-0.15, -0.1) is 0 Å². The Labute approximate surface area is 238 Å². The third-order valence-electron chi connectivity index (χ3n) is 6.56. The van der Waals surface area contributed by atoms with Crippen LogP contribution in [0.25, 0.3) is 22.3 Å². The van der Waals surface area contributed by atoms with Crippen molar-refractivity contribution < 1.29 is 28.5 Å². The second-order valence-corrected chi connectivity index (χ2v) is 9.50. The fraction of sp³-hybridized carbons (Fsp3) is 0.290. The number of ether oxygens (including phenoxy) is 5. The van der Waals surface area contributed by atoms with Crippen LogP contribution in [0.5, 0.6) is 23.0 Å². The summed E-state index contributed by atoms with van der Waals surface area (Å²) in [6.45, 7) is 5.78. The first-order valence-corrected chi connectivity index (χ1v) is 12.9. The minimum absolute atomic E-state index is 0.174. The Morgan fingerprint density at radius 3 is 2.24 bits per heavy atom. The van der Waals surface area contributed by atoms with Crippen molar-refractivity contribution in [2.45, 2.75) is 26.7 Å². The number of esters is 1. The molecule has 0 unspecified atom stereocenters. The van der Waals surface area contributed by atoms with E-state index >= 15 is 0 Å². The molecule has 0 saturated carbocycles. The molecule has 0 spiro atoms. The molecule has 10 nitrogen and oxygen atoms in total. The summed E-state index contributed by atoms with van der Waals surface area (Å²) >= 11 is 0. The van der Waals surface area contributed by atoms with E-state index < -0.39 is 5.97 Å². The molecule has 1 aromatic heterocycles. The molecule has 0 fully saturated rings. The van der Waals surface area contributed by atoms with Crippen LogP contribution in [0, 0.1) is 6.92 Å². The van der Waals surface area contributed by atoms with Gasteiger partial charge in [-0.25, -0.2) is 9.78 Å². The molecule has 0 amide bonds. The Kier molecular flexibility index (Phi) is 8.91. The fourth-order valence-electron chi connectivity index (χ4n) is 4.40. The number of carbonyl (C=O) groups excluding carboxylic acids is 1. The van der Waals surface area contributed by atoms with Gasteiger partial charge in [-0.2, -0.15) is 9.78 Å². The lowest BCUT2D eigenvalue weighted by Crippen LogP contribution is -2.21. The summed E-state index contributed by atoms with van der Waals surface area (Å²) in [5, 5.41) is 5.02. The average molecular weight is 560 g/mol. The third kappa shape index (κ3) is 6.01. The minimum atomic E-state index is -0.551. The second-order valence-electron chi connectivity index (χ2n) is 9.50. The van der Waals surface area contributed by atoms with Crippen molar-refractivity contribution in [2.75, 3.05) is 35.0 Å². The lowest BCUT2D eigenvalue weighted by atomic mass is 9.96. The van der Waals surface area contributed by atoms with Crippen LogP contribution in [-0.4, -0.2) is 56.9 Å². The zero-order valence-corrected chi connectivity index (χ0v) is 24.2. The second kappa shape index (κ2) is 12.5. The molecule has 4 aromatic rings. The van der Waals surface area contributed by atoms with Gasteiger partial charge in [-0.1, -0.05) is 26.0 Å². The number of benzene rings is 3. The van der Waals surface area contributed by atoms with Crippen molar-refractivity contribution in [2.24, 2.45) is 5.10 Å². The minimum Gasteiger partial charge on any atom is -0.496 e. The Hall–Kier alpha value is -4.86. The molecule has 0 saturated heterocycles. The smallest absolute Gasteiger partial charge is 0.343 e. The van der Waals surface area contributed by atoms with Crippen LogP contribution in [0.4, 0.5) is 0 Å².